The fraction of sp³-hybridized carbons (Fsp3) is 0.250. The van der Waals surface area contributed by atoms with E-state index in [-0.39, 0.29) is 17.7 Å². The number of amides is 2. The van der Waals surface area contributed by atoms with Gasteiger partial charge in [-0.05, 0) is 79.2 Å². The Bertz CT molecular complexity index is 1130. The lowest BCUT2D eigenvalue weighted by Gasteiger charge is -2.24. The average molecular weight is 437 g/mol. The quantitative estimate of drug-likeness (QED) is 0.522. The van der Waals surface area contributed by atoms with Crippen molar-refractivity contribution in [1.29, 1.82) is 0 Å². The van der Waals surface area contributed by atoms with Gasteiger partial charge in [-0.3, -0.25) is 9.69 Å². The molecule has 160 valence electrons. The molecule has 0 unspecified atom stereocenters. The smallest absolute Gasteiger partial charge is 0.410 e. The van der Waals surface area contributed by atoms with E-state index in [0.29, 0.717) is 24.3 Å². The minimum Gasteiger partial charge on any atom is -0.506 e. The van der Waals surface area contributed by atoms with Crippen molar-refractivity contribution in [3.63, 3.8) is 0 Å². The molecule has 1 aliphatic rings. The Morgan fingerprint density at radius 2 is 1.84 bits per heavy atom. The third kappa shape index (κ3) is 4.72. The normalized spacial score (nSPS) is 13.1. The molecule has 0 aliphatic carbocycles. The number of carbonyl (C=O) groups excluding carboxylic acids is 2. The van der Waals surface area contributed by atoms with Gasteiger partial charge >= 0.3 is 6.09 Å². The van der Waals surface area contributed by atoms with Crippen molar-refractivity contribution in [2.75, 3.05) is 5.32 Å². The van der Waals surface area contributed by atoms with Gasteiger partial charge in [0.25, 0.3) is 5.91 Å². The Morgan fingerprint density at radius 3 is 2.55 bits per heavy atom. The Hall–Kier alpha value is -3.32. The van der Waals surface area contributed by atoms with Crippen LogP contribution >= 0.6 is 11.3 Å². The molecule has 3 aromatic rings. The number of benzene rings is 2. The molecule has 31 heavy (non-hydrogen) atoms. The van der Waals surface area contributed by atoms with E-state index in [1.807, 2.05) is 50.4 Å². The summed E-state index contributed by atoms with van der Waals surface area (Å²) in [5, 5.41) is 15.0. The summed E-state index contributed by atoms with van der Waals surface area (Å²) in [6, 6.07) is 14.5. The fourth-order valence-electron chi connectivity index (χ4n) is 3.42. The molecule has 2 N–H and O–H groups in total. The van der Waals surface area contributed by atoms with E-state index >= 15 is 0 Å². The summed E-state index contributed by atoms with van der Waals surface area (Å²) in [6.07, 6.45) is -0.370. The highest BCUT2D eigenvalue weighted by atomic mass is 32.1. The minimum absolute atomic E-state index is 0.00548. The summed E-state index contributed by atoms with van der Waals surface area (Å²) in [7, 11) is 0. The molecule has 0 atom stereocenters. The lowest BCUT2D eigenvalue weighted by Crippen LogP contribution is -2.33. The summed E-state index contributed by atoms with van der Waals surface area (Å²) in [6.45, 7) is 6.35. The number of aromatic hydroxyl groups is 1. The lowest BCUT2D eigenvalue weighted by atomic mass is 10.1. The second-order valence-electron chi connectivity index (χ2n) is 8.48. The molecule has 0 bridgehead atoms. The van der Waals surface area contributed by atoms with Crippen molar-refractivity contribution in [3.8, 4) is 16.2 Å². The molecule has 1 aromatic heterocycles. The molecule has 2 heterocycles. The molecule has 2 aromatic carbocycles. The van der Waals surface area contributed by atoms with E-state index in [2.05, 4.69) is 5.32 Å². The first-order valence-electron chi connectivity index (χ1n) is 9.97. The summed E-state index contributed by atoms with van der Waals surface area (Å²) >= 11 is 1.59. The highest BCUT2D eigenvalue weighted by molar-refractivity contribution is 7.13. The third-order valence-corrected chi connectivity index (χ3v) is 5.81. The lowest BCUT2D eigenvalue weighted by molar-refractivity contribution is 0.0242. The van der Waals surface area contributed by atoms with Crippen molar-refractivity contribution in [1.82, 2.24) is 4.90 Å². The Kier molecular flexibility index (Phi) is 5.45. The molecular formula is C24H24N2O4S. The van der Waals surface area contributed by atoms with Crippen LogP contribution in [0.2, 0.25) is 0 Å². The number of fused-ring (bicyclic) bond motifs is 1. The van der Waals surface area contributed by atoms with Gasteiger partial charge in [-0.25, -0.2) is 4.79 Å². The first kappa shape index (κ1) is 20.9. The van der Waals surface area contributed by atoms with Crippen molar-refractivity contribution in [3.05, 3.63) is 70.6 Å². The molecule has 0 spiro atoms. The third-order valence-electron chi connectivity index (χ3n) is 4.89. The van der Waals surface area contributed by atoms with Crippen LogP contribution in [0.4, 0.5) is 10.5 Å². The zero-order valence-corrected chi connectivity index (χ0v) is 18.5. The number of rotatable bonds is 3. The van der Waals surface area contributed by atoms with Gasteiger partial charge in [0.05, 0.1) is 5.69 Å². The number of carbonyl (C=O) groups is 2. The summed E-state index contributed by atoms with van der Waals surface area (Å²) < 4.78 is 5.45. The van der Waals surface area contributed by atoms with Crippen LogP contribution in [0.15, 0.2) is 53.9 Å². The van der Waals surface area contributed by atoms with Crippen molar-refractivity contribution >= 4 is 29.0 Å². The monoisotopic (exact) mass is 436 g/mol. The second-order valence-corrected chi connectivity index (χ2v) is 9.43. The van der Waals surface area contributed by atoms with Crippen molar-refractivity contribution in [2.45, 2.75) is 39.5 Å². The molecule has 4 rings (SSSR count). The SMILES string of the molecule is CC(C)(C)OC(=O)N1Cc2ccc(C(=O)Nc3cc(-c4cccs4)ccc3O)cc2C1. The van der Waals surface area contributed by atoms with Gasteiger partial charge in [0, 0.05) is 23.5 Å². The molecule has 2 amide bonds. The standard InChI is InChI=1S/C24H24N2O4S/c1-24(2,3)30-23(29)26-13-17-7-6-16(11-18(17)14-26)22(28)25-19-12-15(8-9-20(19)27)21-5-4-10-31-21/h4-12,27H,13-14H2,1-3H3,(H,25,28). The van der Waals surface area contributed by atoms with Crippen LogP contribution < -0.4 is 5.32 Å². The Balaban J connectivity index is 1.49. The van der Waals surface area contributed by atoms with Gasteiger partial charge in [-0.15, -0.1) is 11.3 Å². The fourth-order valence-corrected chi connectivity index (χ4v) is 4.14. The summed E-state index contributed by atoms with van der Waals surface area (Å²) in [5.41, 5.74) is 3.08. The van der Waals surface area contributed by atoms with Crippen LogP contribution in [0, 0.1) is 0 Å². The molecular weight excluding hydrogens is 412 g/mol. The van der Waals surface area contributed by atoms with Crippen molar-refractivity contribution in [2.24, 2.45) is 0 Å². The first-order valence-corrected chi connectivity index (χ1v) is 10.9. The van der Waals surface area contributed by atoms with E-state index in [1.165, 1.54) is 0 Å². The highest BCUT2D eigenvalue weighted by Gasteiger charge is 2.28. The zero-order chi connectivity index (χ0) is 22.2. The van der Waals surface area contributed by atoms with Gasteiger partial charge in [0.15, 0.2) is 0 Å². The molecule has 7 heteroatoms. The molecule has 1 aliphatic heterocycles. The number of anilines is 1. The maximum atomic E-state index is 12.8. The predicted molar refractivity (Wildman–Crippen MR) is 121 cm³/mol. The number of phenolic OH excluding ortho intramolecular Hbond substituents is 1. The van der Waals surface area contributed by atoms with Crippen LogP contribution in [0.25, 0.3) is 10.4 Å². The largest absolute Gasteiger partial charge is 0.506 e. The zero-order valence-electron chi connectivity index (χ0n) is 17.6. The Morgan fingerprint density at radius 1 is 1.06 bits per heavy atom. The van der Waals surface area contributed by atoms with E-state index < -0.39 is 5.60 Å². The van der Waals surface area contributed by atoms with Gasteiger partial charge in [0.1, 0.15) is 11.4 Å². The van der Waals surface area contributed by atoms with Crippen LogP contribution in [0.1, 0.15) is 42.3 Å². The van der Waals surface area contributed by atoms with E-state index in [1.54, 1.807) is 40.5 Å². The molecule has 0 radical (unpaired) electrons. The number of hydrogen-bond acceptors (Lipinski definition) is 5. The minimum atomic E-state index is -0.559. The molecule has 0 saturated carbocycles. The first-order chi connectivity index (χ1) is 14.7. The van der Waals surface area contributed by atoms with Crippen LogP contribution in [-0.4, -0.2) is 27.6 Å². The number of thiophene rings is 1. The van der Waals surface area contributed by atoms with Crippen LogP contribution in [0.3, 0.4) is 0 Å². The van der Waals surface area contributed by atoms with Gasteiger partial charge in [-0.1, -0.05) is 12.1 Å². The van der Waals surface area contributed by atoms with E-state index in [0.717, 1.165) is 21.6 Å². The molecule has 0 fully saturated rings. The maximum absolute atomic E-state index is 12.8. The molecule has 0 saturated heterocycles. The number of ether oxygens (including phenoxy) is 1. The predicted octanol–water partition coefficient (Wildman–Crippen LogP) is 5.62. The van der Waals surface area contributed by atoms with Crippen LogP contribution in [-0.2, 0) is 17.8 Å². The van der Waals surface area contributed by atoms with Crippen LogP contribution in [0.5, 0.6) is 5.75 Å². The Labute approximate surface area is 185 Å². The number of nitrogens with zero attached hydrogens (tertiary/aromatic N) is 1. The summed E-state index contributed by atoms with van der Waals surface area (Å²) in [5.74, 6) is -0.317. The van der Waals surface area contributed by atoms with Crippen molar-refractivity contribution < 1.29 is 19.4 Å². The van der Waals surface area contributed by atoms with E-state index in [4.69, 9.17) is 4.74 Å². The molecule has 6 nitrogen and oxygen atoms in total. The topological polar surface area (TPSA) is 78.9 Å². The summed E-state index contributed by atoms with van der Waals surface area (Å²) in [4.78, 5) is 27.9. The number of hydrogen-bond donors (Lipinski definition) is 2. The number of phenols is 1. The van der Waals surface area contributed by atoms with Gasteiger partial charge in [0.2, 0.25) is 0 Å². The van der Waals surface area contributed by atoms with E-state index in [9.17, 15) is 14.7 Å². The maximum Gasteiger partial charge on any atom is 0.410 e. The highest BCUT2D eigenvalue weighted by Crippen LogP contribution is 2.33. The average Bonchev–Trinajstić information content (AvgIpc) is 3.37. The second kappa shape index (κ2) is 8.07. The van der Waals surface area contributed by atoms with Gasteiger partial charge < -0.3 is 15.2 Å². The van der Waals surface area contributed by atoms with Gasteiger partial charge in [-0.2, -0.15) is 0 Å². The number of nitrogens with one attached hydrogen (secondary N) is 1.